The van der Waals surface area contributed by atoms with Crippen molar-refractivity contribution < 1.29 is 24.2 Å². The molecule has 1 atom stereocenters. The largest absolute Gasteiger partial charge is 0.490 e. The molecule has 1 aromatic rings. The summed E-state index contributed by atoms with van der Waals surface area (Å²) in [7, 11) is 0. The van der Waals surface area contributed by atoms with Crippen molar-refractivity contribution in [3.05, 3.63) is 28.7 Å². The second-order valence-electron chi connectivity index (χ2n) is 8.30. The van der Waals surface area contributed by atoms with Gasteiger partial charge in [-0.25, -0.2) is 4.79 Å². The quantitative estimate of drug-likeness (QED) is 0.152. The Morgan fingerprint density at radius 1 is 1.06 bits per heavy atom. The van der Waals surface area contributed by atoms with Gasteiger partial charge in [0.25, 0.3) is 5.91 Å². The van der Waals surface area contributed by atoms with Crippen LogP contribution in [0.1, 0.15) is 84.1 Å². The molecule has 1 heterocycles. The molecule has 1 unspecified atom stereocenters. The number of carbonyl (C=O) groups excluding carboxylic acids is 1. The maximum absolute atomic E-state index is 13.0. The first kappa shape index (κ1) is 28.2. The maximum Gasteiger partial charge on any atom is 0.326 e. The van der Waals surface area contributed by atoms with Crippen LogP contribution in [0.15, 0.2) is 23.1 Å². The smallest absolute Gasteiger partial charge is 0.326 e. The van der Waals surface area contributed by atoms with E-state index in [1.165, 1.54) is 30.6 Å². The van der Waals surface area contributed by atoms with E-state index in [0.717, 1.165) is 36.6 Å². The van der Waals surface area contributed by atoms with Gasteiger partial charge in [-0.15, -0.1) is 0 Å². The Hall–Kier alpha value is -2.06. The Kier molecular flexibility index (Phi) is 12.5. The predicted molar refractivity (Wildman–Crippen MR) is 142 cm³/mol. The average molecular weight is 508 g/mol. The molecule has 0 spiro atoms. The predicted octanol–water partition coefficient (Wildman–Crippen LogP) is 6.67. The molecular formula is C26H37NO5S2. The Morgan fingerprint density at radius 3 is 2.44 bits per heavy atom. The van der Waals surface area contributed by atoms with E-state index in [-0.39, 0.29) is 10.2 Å². The number of carboxylic acid groups (broad SMARTS) is 1. The minimum Gasteiger partial charge on any atom is -0.490 e. The molecule has 0 saturated carbocycles. The zero-order chi connectivity index (χ0) is 24.9. The first-order valence-electron chi connectivity index (χ1n) is 12.3. The van der Waals surface area contributed by atoms with Gasteiger partial charge in [0.2, 0.25) is 0 Å². The zero-order valence-electron chi connectivity index (χ0n) is 20.5. The number of hydrogen-bond donors (Lipinski definition) is 1. The number of rotatable bonds is 16. The van der Waals surface area contributed by atoms with Crippen molar-refractivity contribution in [3.63, 3.8) is 0 Å². The van der Waals surface area contributed by atoms with Crippen LogP contribution in [0.2, 0.25) is 0 Å². The molecule has 1 amide bonds. The van der Waals surface area contributed by atoms with Gasteiger partial charge in [-0.3, -0.25) is 9.69 Å². The monoisotopic (exact) mass is 507 g/mol. The minimum atomic E-state index is -1.03. The summed E-state index contributed by atoms with van der Waals surface area (Å²) in [5, 5.41) is 9.63. The molecule has 6 nitrogen and oxygen atoms in total. The third-order valence-electron chi connectivity index (χ3n) is 5.57. The second kappa shape index (κ2) is 15.0. The number of benzene rings is 1. The summed E-state index contributed by atoms with van der Waals surface area (Å²) in [6.45, 7) is 7.25. The fourth-order valence-electron chi connectivity index (χ4n) is 3.73. The summed E-state index contributed by atoms with van der Waals surface area (Å²) >= 11 is 6.49. The molecule has 8 heteroatoms. The third-order valence-corrected chi connectivity index (χ3v) is 6.90. The number of carbonyl (C=O) groups is 2. The van der Waals surface area contributed by atoms with Crippen molar-refractivity contribution in [2.75, 3.05) is 13.2 Å². The lowest BCUT2D eigenvalue weighted by Crippen LogP contribution is -2.43. The SMILES string of the molecule is CCCCCCCCOc1ccc(C=C2SC(=S)N(C(CCCC)C(=O)O)C2=O)cc1OCC. The van der Waals surface area contributed by atoms with Crippen LogP contribution in [0, 0.1) is 0 Å². The number of hydrogen-bond acceptors (Lipinski definition) is 6. The highest BCUT2D eigenvalue weighted by Crippen LogP contribution is 2.36. The van der Waals surface area contributed by atoms with E-state index in [0.29, 0.717) is 42.5 Å². The number of ether oxygens (including phenoxy) is 2. The Morgan fingerprint density at radius 2 is 1.76 bits per heavy atom. The normalized spacial score (nSPS) is 15.7. The van der Waals surface area contributed by atoms with Crippen LogP contribution in [-0.4, -0.2) is 45.5 Å². The number of carboxylic acids is 1. The van der Waals surface area contributed by atoms with Crippen molar-refractivity contribution in [1.82, 2.24) is 4.90 Å². The molecule has 1 saturated heterocycles. The van der Waals surface area contributed by atoms with E-state index in [1.54, 1.807) is 6.08 Å². The van der Waals surface area contributed by atoms with Gasteiger partial charge in [0.1, 0.15) is 10.4 Å². The topological polar surface area (TPSA) is 76.1 Å². The molecule has 0 bridgehead atoms. The van der Waals surface area contributed by atoms with Crippen molar-refractivity contribution in [2.24, 2.45) is 0 Å². The Balaban J connectivity index is 2.09. The van der Waals surface area contributed by atoms with Gasteiger partial charge >= 0.3 is 5.97 Å². The molecule has 0 aromatic heterocycles. The molecule has 2 rings (SSSR count). The van der Waals surface area contributed by atoms with Gasteiger partial charge in [-0.2, -0.15) is 0 Å². The fourth-order valence-corrected chi connectivity index (χ4v) is 5.08. The van der Waals surface area contributed by atoms with E-state index < -0.39 is 12.0 Å². The third kappa shape index (κ3) is 8.31. The highest BCUT2D eigenvalue weighted by atomic mass is 32.2. The van der Waals surface area contributed by atoms with Gasteiger partial charge < -0.3 is 14.6 Å². The van der Waals surface area contributed by atoms with Gasteiger partial charge in [-0.1, -0.05) is 88.8 Å². The second-order valence-corrected chi connectivity index (χ2v) is 9.98. The van der Waals surface area contributed by atoms with E-state index in [1.807, 2.05) is 32.0 Å². The molecule has 188 valence electrons. The van der Waals surface area contributed by atoms with Crippen molar-refractivity contribution in [2.45, 2.75) is 84.6 Å². The highest BCUT2D eigenvalue weighted by Gasteiger charge is 2.40. The summed E-state index contributed by atoms with van der Waals surface area (Å²) in [5.74, 6) is -0.0777. The van der Waals surface area contributed by atoms with Crippen molar-refractivity contribution >= 4 is 46.3 Å². The minimum absolute atomic E-state index is 0.281. The Bertz CT molecular complexity index is 871. The average Bonchev–Trinajstić information content (AvgIpc) is 3.07. The van der Waals surface area contributed by atoms with Gasteiger partial charge in [-0.05, 0) is 43.5 Å². The maximum atomic E-state index is 13.0. The molecular weight excluding hydrogens is 470 g/mol. The molecule has 34 heavy (non-hydrogen) atoms. The van der Waals surface area contributed by atoms with Crippen molar-refractivity contribution in [3.8, 4) is 11.5 Å². The summed E-state index contributed by atoms with van der Waals surface area (Å²) in [6.07, 6.45) is 10.9. The molecule has 1 aliphatic rings. The number of aliphatic carboxylic acids is 1. The summed E-state index contributed by atoms with van der Waals surface area (Å²) in [5.41, 5.74) is 0.774. The number of thiocarbonyl (C=S) groups is 1. The van der Waals surface area contributed by atoms with Crippen LogP contribution < -0.4 is 9.47 Å². The standard InChI is InChI=1S/C26H37NO5S2/c1-4-7-9-10-11-12-16-32-21-15-14-19(17-22(21)31-6-3)18-23-24(28)27(26(33)34-23)20(25(29)30)13-8-5-2/h14-15,17-18,20H,4-13,16H2,1-3H3,(H,29,30). The zero-order valence-corrected chi connectivity index (χ0v) is 22.1. The molecule has 1 aliphatic heterocycles. The van der Waals surface area contributed by atoms with Crippen LogP contribution >= 0.6 is 24.0 Å². The summed E-state index contributed by atoms with van der Waals surface area (Å²) < 4.78 is 12.0. The van der Waals surface area contributed by atoms with E-state index >= 15 is 0 Å². The van der Waals surface area contributed by atoms with E-state index in [2.05, 4.69) is 6.92 Å². The Labute approximate surface area is 213 Å². The molecule has 1 aromatic carbocycles. The van der Waals surface area contributed by atoms with Gasteiger partial charge in [0.05, 0.1) is 18.1 Å². The number of thioether (sulfide) groups is 1. The molecule has 1 N–H and O–H groups in total. The van der Waals surface area contributed by atoms with Crippen LogP contribution in [0.3, 0.4) is 0 Å². The lowest BCUT2D eigenvalue weighted by Gasteiger charge is -2.22. The van der Waals surface area contributed by atoms with Crippen LogP contribution in [0.5, 0.6) is 11.5 Å². The van der Waals surface area contributed by atoms with Crippen LogP contribution in [0.4, 0.5) is 0 Å². The van der Waals surface area contributed by atoms with E-state index in [9.17, 15) is 14.7 Å². The van der Waals surface area contributed by atoms with Crippen molar-refractivity contribution in [1.29, 1.82) is 0 Å². The lowest BCUT2D eigenvalue weighted by atomic mass is 10.1. The summed E-state index contributed by atoms with van der Waals surface area (Å²) in [4.78, 5) is 26.4. The first-order valence-corrected chi connectivity index (χ1v) is 13.5. The van der Waals surface area contributed by atoms with Crippen LogP contribution in [0.25, 0.3) is 6.08 Å². The number of unbranched alkanes of at least 4 members (excludes halogenated alkanes) is 6. The molecule has 1 fully saturated rings. The number of nitrogens with zero attached hydrogens (tertiary/aromatic N) is 1. The molecule has 0 aliphatic carbocycles. The van der Waals surface area contributed by atoms with Crippen LogP contribution in [-0.2, 0) is 9.59 Å². The fraction of sp³-hybridized carbons (Fsp3) is 0.577. The molecule has 0 radical (unpaired) electrons. The van der Waals surface area contributed by atoms with E-state index in [4.69, 9.17) is 21.7 Å². The lowest BCUT2D eigenvalue weighted by molar-refractivity contribution is -0.145. The summed E-state index contributed by atoms with van der Waals surface area (Å²) in [6, 6.07) is 4.64. The number of amides is 1. The van der Waals surface area contributed by atoms with Gasteiger partial charge in [0.15, 0.2) is 11.5 Å². The first-order chi connectivity index (χ1) is 16.4. The highest BCUT2D eigenvalue weighted by molar-refractivity contribution is 8.26. The van der Waals surface area contributed by atoms with Gasteiger partial charge in [0, 0.05) is 0 Å².